The average molecular weight is 387 g/mol. The van der Waals surface area contributed by atoms with E-state index in [1.165, 1.54) is 7.11 Å². The molecular formula is C24H21NO4. The number of benzene rings is 3. The normalized spacial score (nSPS) is 17.8. The van der Waals surface area contributed by atoms with Crippen LogP contribution in [-0.2, 0) is 16.7 Å². The summed E-state index contributed by atoms with van der Waals surface area (Å²) in [5.74, 6) is 0.268. The van der Waals surface area contributed by atoms with Gasteiger partial charge in [0.1, 0.15) is 5.75 Å². The molecule has 1 atom stereocenters. The standard InChI is InChI=1S/C24H21NO4/c1-16-7-9-18(10-8-16)24(15-17-5-3-4-6-21(17)22(26)25-24)19-11-13-20(14-12-19)29-23(27)28-2/h3-14H,15H2,1-2H3,(H,25,26). The lowest BCUT2D eigenvalue weighted by Gasteiger charge is -2.40. The van der Waals surface area contributed by atoms with E-state index >= 15 is 0 Å². The summed E-state index contributed by atoms with van der Waals surface area (Å²) in [5, 5.41) is 3.24. The summed E-state index contributed by atoms with van der Waals surface area (Å²) in [7, 11) is 1.26. The zero-order valence-electron chi connectivity index (χ0n) is 16.3. The summed E-state index contributed by atoms with van der Waals surface area (Å²) in [6.45, 7) is 2.03. The van der Waals surface area contributed by atoms with Crippen LogP contribution in [0.5, 0.6) is 5.75 Å². The van der Waals surface area contributed by atoms with E-state index in [1.54, 1.807) is 12.1 Å². The van der Waals surface area contributed by atoms with Crippen molar-refractivity contribution in [3.05, 3.63) is 101 Å². The van der Waals surface area contributed by atoms with Crippen LogP contribution in [0.25, 0.3) is 0 Å². The molecule has 4 rings (SSSR count). The molecule has 3 aromatic rings. The van der Waals surface area contributed by atoms with Crippen molar-refractivity contribution in [1.29, 1.82) is 0 Å². The van der Waals surface area contributed by atoms with E-state index in [4.69, 9.17) is 4.74 Å². The SMILES string of the molecule is COC(=O)Oc1ccc(C2(c3ccc(C)cc3)Cc3ccccc3C(=O)N2)cc1. The van der Waals surface area contributed by atoms with Crippen molar-refractivity contribution in [2.24, 2.45) is 0 Å². The number of amides is 1. The Bertz CT molecular complexity index is 1060. The minimum atomic E-state index is -0.772. The number of ether oxygens (including phenoxy) is 2. The molecular weight excluding hydrogens is 366 g/mol. The fourth-order valence-electron chi connectivity index (χ4n) is 3.79. The summed E-state index contributed by atoms with van der Waals surface area (Å²) in [6.07, 6.45) is -0.152. The number of carbonyl (C=O) groups is 2. The Morgan fingerprint density at radius 1 is 0.931 bits per heavy atom. The Balaban J connectivity index is 1.81. The second-order valence-electron chi connectivity index (χ2n) is 7.14. The van der Waals surface area contributed by atoms with E-state index in [9.17, 15) is 9.59 Å². The first-order valence-corrected chi connectivity index (χ1v) is 9.36. The van der Waals surface area contributed by atoms with Crippen molar-refractivity contribution in [1.82, 2.24) is 5.32 Å². The van der Waals surface area contributed by atoms with Gasteiger partial charge < -0.3 is 14.8 Å². The minimum Gasteiger partial charge on any atom is -0.437 e. The Morgan fingerprint density at radius 2 is 1.55 bits per heavy atom. The molecule has 0 spiro atoms. The second kappa shape index (κ2) is 7.43. The third-order valence-electron chi connectivity index (χ3n) is 5.30. The third-order valence-corrected chi connectivity index (χ3v) is 5.30. The molecule has 29 heavy (non-hydrogen) atoms. The van der Waals surface area contributed by atoms with Crippen LogP contribution in [0.4, 0.5) is 4.79 Å². The van der Waals surface area contributed by atoms with Gasteiger partial charge in [0.15, 0.2) is 0 Å². The van der Waals surface area contributed by atoms with Crippen LogP contribution in [-0.4, -0.2) is 19.2 Å². The van der Waals surface area contributed by atoms with Gasteiger partial charge in [-0.05, 0) is 41.8 Å². The average Bonchev–Trinajstić information content (AvgIpc) is 2.74. The van der Waals surface area contributed by atoms with Crippen LogP contribution >= 0.6 is 0 Å². The summed E-state index contributed by atoms with van der Waals surface area (Å²) in [4.78, 5) is 24.3. The summed E-state index contributed by atoms with van der Waals surface area (Å²) >= 11 is 0. The van der Waals surface area contributed by atoms with Gasteiger partial charge in [-0.1, -0.05) is 60.2 Å². The largest absolute Gasteiger partial charge is 0.513 e. The van der Waals surface area contributed by atoms with Crippen molar-refractivity contribution >= 4 is 12.1 Å². The number of rotatable bonds is 3. The molecule has 0 aromatic heterocycles. The maximum atomic E-state index is 13.0. The fraction of sp³-hybridized carbons (Fsp3) is 0.167. The lowest BCUT2D eigenvalue weighted by atomic mass is 9.74. The lowest BCUT2D eigenvalue weighted by molar-refractivity contribution is 0.0896. The monoisotopic (exact) mass is 387 g/mol. The van der Waals surface area contributed by atoms with E-state index in [1.807, 2.05) is 67.6 Å². The zero-order valence-corrected chi connectivity index (χ0v) is 16.3. The maximum Gasteiger partial charge on any atom is 0.513 e. The molecule has 1 heterocycles. The second-order valence-corrected chi connectivity index (χ2v) is 7.14. The summed E-state index contributed by atoms with van der Waals surface area (Å²) in [5.41, 5.74) is 4.01. The first-order valence-electron chi connectivity index (χ1n) is 9.36. The quantitative estimate of drug-likeness (QED) is 0.535. The molecule has 0 saturated heterocycles. The molecule has 0 saturated carbocycles. The van der Waals surface area contributed by atoms with E-state index < -0.39 is 11.7 Å². The maximum absolute atomic E-state index is 13.0. The van der Waals surface area contributed by atoms with Crippen LogP contribution in [0.15, 0.2) is 72.8 Å². The van der Waals surface area contributed by atoms with Gasteiger partial charge in [0.2, 0.25) is 0 Å². The van der Waals surface area contributed by atoms with E-state index in [2.05, 4.69) is 10.1 Å². The number of nitrogens with one attached hydrogen (secondary N) is 1. The van der Waals surface area contributed by atoms with Crippen molar-refractivity contribution < 1.29 is 19.1 Å². The first kappa shape index (κ1) is 18.7. The molecule has 0 aliphatic carbocycles. The van der Waals surface area contributed by atoms with Crippen LogP contribution in [0.3, 0.4) is 0 Å². The molecule has 0 fully saturated rings. The van der Waals surface area contributed by atoms with Crippen molar-refractivity contribution in [3.63, 3.8) is 0 Å². The molecule has 1 aliphatic heterocycles. The third kappa shape index (κ3) is 3.47. The zero-order chi connectivity index (χ0) is 20.4. The van der Waals surface area contributed by atoms with Gasteiger partial charge in [0.05, 0.1) is 12.6 Å². The van der Waals surface area contributed by atoms with Gasteiger partial charge in [0.25, 0.3) is 5.91 Å². The minimum absolute atomic E-state index is 0.109. The smallest absolute Gasteiger partial charge is 0.437 e. The lowest BCUT2D eigenvalue weighted by Crippen LogP contribution is -2.52. The van der Waals surface area contributed by atoms with E-state index in [0.717, 1.165) is 22.3 Å². The predicted molar refractivity (Wildman–Crippen MR) is 109 cm³/mol. The number of aryl methyl sites for hydroxylation is 1. The molecule has 146 valence electrons. The Morgan fingerprint density at radius 3 is 2.21 bits per heavy atom. The predicted octanol–water partition coefficient (Wildman–Crippen LogP) is 4.37. The molecule has 1 amide bonds. The summed E-state index contributed by atoms with van der Waals surface area (Å²) in [6, 6.07) is 23.0. The van der Waals surface area contributed by atoms with Crippen LogP contribution in [0.2, 0.25) is 0 Å². The van der Waals surface area contributed by atoms with Gasteiger partial charge in [0, 0.05) is 12.0 Å². The summed E-state index contributed by atoms with van der Waals surface area (Å²) < 4.78 is 9.63. The number of hydrogen-bond donors (Lipinski definition) is 1. The molecule has 5 heteroatoms. The van der Waals surface area contributed by atoms with Crippen molar-refractivity contribution in [3.8, 4) is 5.75 Å². The number of hydrogen-bond acceptors (Lipinski definition) is 4. The van der Waals surface area contributed by atoms with E-state index in [-0.39, 0.29) is 5.91 Å². The van der Waals surface area contributed by atoms with Crippen LogP contribution < -0.4 is 10.1 Å². The highest BCUT2D eigenvalue weighted by atomic mass is 16.7. The molecule has 5 nitrogen and oxygen atoms in total. The van der Waals surface area contributed by atoms with E-state index in [0.29, 0.717) is 17.7 Å². The molecule has 0 radical (unpaired) electrons. The van der Waals surface area contributed by atoms with Gasteiger partial charge in [-0.3, -0.25) is 4.79 Å². The van der Waals surface area contributed by atoms with Gasteiger partial charge in [-0.25, -0.2) is 4.79 Å². The topological polar surface area (TPSA) is 64.6 Å². The molecule has 0 bridgehead atoms. The Hall–Kier alpha value is -3.60. The number of carbonyl (C=O) groups excluding carboxylic acids is 2. The molecule has 1 aliphatic rings. The molecule has 1 N–H and O–H groups in total. The van der Waals surface area contributed by atoms with Crippen molar-refractivity contribution in [2.45, 2.75) is 18.9 Å². The molecule has 3 aromatic carbocycles. The van der Waals surface area contributed by atoms with Gasteiger partial charge >= 0.3 is 6.16 Å². The van der Waals surface area contributed by atoms with Gasteiger partial charge in [-0.2, -0.15) is 0 Å². The highest BCUT2D eigenvalue weighted by molar-refractivity contribution is 5.98. The first-order chi connectivity index (χ1) is 14.0. The van der Waals surface area contributed by atoms with Crippen LogP contribution in [0, 0.1) is 6.92 Å². The Labute approximate surface area is 169 Å². The Kier molecular flexibility index (Phi) is 4.80. The highest BCUT2D eigenvalue weighted by Gasteiger charge is 2.40. The van der Waals surface area contributed by atoms with Crippen LogP contribution in [0.1, 0.15) is 32.6 Å². The highest BCUT2D eigenvalue weighted by Crippen LogP contribution is 2.38. The number of fused-ring (bicyclic) bond motifs is 1. The fourth-order valence-corrected chi connectivity index (χ4v) is 3.79. The van der Waals surface area contributed by atoms with Crippen molar-refractivity contribution in [2.75, 3.05) is 7.11 Å². The molecule has 1 unspecified atom stereocenters. The van der Waals surface area contributed by atoms with Gasteiger partial charge in [-0.15, -0.1) is 0 Å². The number of methoxy groups -OCH3 is 1.